The van der Waals surface area contributed by atoms with Crippen molar-refractivity contribution in [3.63, 3.8) is 0 Å². The van der Waals surface area contributed by atoms with Crippen LogP contribution in [0.2, 0.25) is 0 Å². The average Bonchev–Trinajstić information content (AvgIpc) is 2.82. The van der Waals surface area contributed by atoms with Gasteiger partial charge in [0.1, 0.15) is 23.1 Å². The lowest BCUT2D eigenvalue weighted by Gasteiger charge is -2.14. The van der Waals surface area contributed by atoms with Crippen molar-refractivity contribution >= 4 is 17.9 Å². The van der Waals surface area contributed by atoms with Crippen LogP contribution in [0.1, 0.15) is 25.8 Å². The first-order valence-corrected chi connectivity index (χ1v) is 10.9. The Morgan fingerprint density at radius 2 is 1.78 bits per heavy atom. The van der Waals surface area contributed by atoms with E-state index in [1.165, 1.54) is 50.4 Å². The Hall–Kier alpha value is -3.86. The number of halogens is 4. The first-order chi connectivity index (χ1) is 17.0. The van der Waals surface area contributed by atoms with E-state index in [2.05, 4.69) is 20.4 Å². The molecule has 1 amide bonds. The van der Waals surface area contributed by atoms with Gasteiger partial charge in [0, 0.05) is 31.8 Å². The van der Waals surface area contributed by atoms with Gasteiger partial charge in [-0.1, -0.05) is 18.2 Å². The maximum Gasteiger partial charge on any atom is 0.573 e. The Balaban J connectivity index is 2.48. The van der Waals surface area contributed by atoms with Gasteiger partial charge >= 0.3 is 6.36 Å². The largest absolute Gasteiger partial charge is 0.573 e. The predicted molar refractivity (Wildman–Crippen MR) is 128 cm³/mol. The molecule has 2 rings (SSSR count). The minimum absolute atomic E-state index is 0.00265. The molecule has 0 saturated heterocycles. The Morgan fingerprint density at radius 1 is 1.11 bits per heavy atom. The zero-order chi connectivity index (χ0) is 26.7. The molecule has 0 aliphatic rings. The van der Waals surface area contributed by atoms with Crippen LogP contribution in [0.15, 0.2) is 70.5 Å². The van der Waals surface area contributed by atoms with E-state index in [1.807, 2.05) is 0 Å². The van der Waals surface area contributed by atoms with Crippen LogP contribution < -0.4 is 20.1 Å². The zero-order valence-corrected chi connectivity index (χ0v) is 19.9. The molecule has 0 unspecified atom stereocenters. The third kappa shape index (κ3) is 9.41. The molecule has 0 aliphatic carbocycles. The summed E-state index contributed by atoms with van der Waals surface area (Å²) in [5.41, 5.74) is 1.26. The number of aliphatic hydroxyl groups excluding tert-OH is 1. The van der Waals surface area contributed by atoms with E-state index in [1.54, 1.807) is 13.0 Å². The highest BCUT2D eigenvalue weighted by atomic mass is 19.4. The summed E-state index contributed by atoms with van der Waals surface area (Å²) in [5.74, 6) is -1.22. The SMILES string of the molecule is CNC(/N=C(Oc1cccc(OC(F)(F)F)c1)\C(C)=C/c1ccc(F)cc1)=C(/C)C(=O)NCCCO. The van der Waals surface area contributed by atoms with E-state index in [0.717, 1.165) is 12.1 Å². The van der Waals surface area contributed by atoms with Crippen molar-refractivity contribution in [2.45, 2.75) is 26.6 Å². The smallest absolute Gasteiger partial charge is 0.439 e. The lowest BCUT2D eigenvalue weighted by molar-refractivity contribution is -0.274. The summed E-state index contributed by atoms with van der Waals surface area (Å²) in [7, 11) is 1.54. The molecule has 0 radical (unpaired) electrons. The Labute approximate surface area is 206 Å². The molecular weight excluding hydrogens is 482 g/mol. The Kier molecular flexibility index (Phi) is 10.5. The van der Waals surface area contributed by atoms with E-state index in [-0.39, 0.29) is 36.2 Å². The fourth-order valence-corrected chi connectivity index (χ4v) is 2.86. The summed E-state index contributed by atoms with van der Waals surface area (Å²) in [6, 6.07) is 10.5. The molecule has 2 aromatic rings. The summed E-state index contributed by atoms with van der Waals surface area (Å²) in [5, 5.41) is 14.4. The quantitative estimate of drug-likeness (QED) is 0.144. The number of benzene rings is 2. The zero-order valence-electron chi connectivity index (χ0n) is 19.9. The molecule has 0 fully saturated rings. The predicted octanol–water partition coefficient (Wildman–Crippen LogP) is 4.55. The lowest BCUT2D eigenvalue weighted by Crippen LogP contribution is -2.28. The number of hydrogen-bond acceptors (Lipinski definition) is 6. The number of amides is 1. The first-order valence-electron chi connectivity index (χ1n) is 10.9. The first kappa shape index (κ1) is 28.4. The van der Waals surface area contributed by atoms with Gasteiger partial charge in [0.2, 0.25) is 5.90 Å². The van der Waals surface area contributed by atoms with Crippen molar-refractivity contribution in [1.29, 1.82) is 0 Å². The molecule has 0 aromatic heterocycles. The molecular formula is C25H27F4N3O4. The Bertz CT molecular complexity index is 1130. The van der Waals surface area contributed by atoms with Gasteiger partial charge in [0.25, 0.3) is 5.91 Å². The third-order valence-corrected chi connectivity index (χ3v) is 4.61. The number of alkyl halides is 3. The Morgan fingerprint density at radius 3 is 2.39 bits per heavy atom. The second-order valence-electron chi connectivity index (χ2n) is 7.48. The molecule has 2 aromatic carbocycles. The van der Waals surface area contributed by atoms with Gasteiger partial charge in [-0.05, 0) is 56.2 Å². The van der Waals surface area contributed by atoms with Crippen molar-refractivity contribution in [1.82, 2.24) is 10.6 Å². The maximum atomic E-state index is 13.3. The van der Waals surface area contributed by atoms with Crippen LogP contribution in [-0.4, -0.2) is 43.5 Å². The number of hydrogen-bond donors (Lipinski definition) is 3. The van der Waals surface area contributed by atoms with Crippen LogP contribution in [0.25, 0.3) is 6.08 Å². The molecule has 36 heavy (non-hydrogen) atoms. The minimum Gasteiger partial charge on any atom is -0.439 e. The molecule has 0 atom stereocenters. The van der Waals surface area contributed by atoms with Gasteiger partial charge in [0.05, 0.1) is 5.57 Å². The number of carbonyl (C=O) groups excluding carboxylic acids is 1. The van der Waals surface area contributed by atoms with Gasteiger partial charge in [-0.25, -0.2) is 4.39 Å². The second-order valence-corrected chi connectivity index (χ2v) is 7.48. The van der Waals surface area contributed by atoms with Crippen LogP contribution in [0.3, 0.4) is 0 Å². The summed E-state index contributed by atoms with van der Waals surface area (Å²) < 4.78 is 61.0. The standard InChI is InChI=1S/C25H27F4N3O4/c1-16(14-18-8-10-19(26)11-9-18)24(32-22(30-3)17(2)23(34)31-12-5-13-33)35-20-6-4-7-21(15-20)36-25(27,28)29/h4,6-11,14-15,30,33H,5,12-13H2,1-3H3,(H,31,34)/b16-14-,22-17+,32-24+. The highest BCUT2D eigenvalue weighted by molar-refractivity contribution is 6.00. The normalized spacial score (nSPS) is 13.1. The van der Waals surface area contributed by atoms with E-state index in [9.17, 15) is 22.4 Å². The lowest BCUT2D eigenvalue weighted by atomic mass is 10.1. The fraction of sp³-hybridized carbons (Fsp3) is 0.280. The highest BCUT2D eigenvalue weighted by Gasteiger charge is 2.31. The monoisotopic (exact) mass is 509 g/mol. The van der Waals surface area contributed by atoms with Crippen molar-refractivity contribution < 1.29 is 36.9 Å². The van der Waals surface area contributed by atoms with Crippen molar-refractivity contribution in [2.75, 3.05) is 20.2 Å². The minimum atomic E-state index is -4.88. The van der Waals surface area contributed by atoms with Crippen molar-refractivity contribution in [3.8, 4) is 11.5 Å². The third-order valence-electron chi connectivity index (χ3n) is 4.61. The van der Waals surface area contributed by atoms with Crippen molar-refractivity contribution in [3.05, 3.63) is 76.9 Å². The van der Waals surface area contributed by atoms with Crippen LogP contribution in [0, 0.1) is 5.82 Å². The molecule has 0 heterocycles. The number of nitrogens with one attached hydrogen (secondary N) is 2. The summed E-state index contributed by atoms with van der Waals surface area (Å²) in [6.45, 7) is 3.34. The number of rotatable bonds is 10. The van der Waals surface area contributed by atoms with Gasteiger partial charge in [-0.2, -0.15) is 4.99 Å². The number of aliphatic imine (C=N–C) groups is 1. The number of nitrogens with zero attached hydrogens (tertiary/aromatic N) is 1. The molecule has 0 spiro atoms. The van der Waals surface area contributed by atoms with E-state index < -0.39 is 23.8 Å². The number of carbonyl (C=O) groups is 1. The van der Waals surface area contributed by atoms with Crippen LogP contribution in [0.5, 0.6) is 11.5 Å². The molecule has 11 heteroatoms. The fourth-order valence-electron chi connectivity index (χ4n) is 2.86. The van der Waals surface area contributed by atoms with Gasteiger partial charge in [-0.3, -0.25) is 4.79 Å². The average molecular weight is 510 g/mol. The molecule has 0 aliphatic heterocycles. The molecule has 7 nitrogen and oxygen atoms in total. The topological polar surface area (TPSA) is 92.2 Å². The van der Waals surface area contributed by atoms with Gasteiger partial charge in [0.15, 0.2) is 0 Å². The summed E-state index contributed by atoms with van der Waals surface area (Å²) >= 11 is 0. The van der Waals surface area contributed by atoms with Gasteiger partial charge < -0.3 is 25.2 Å². The van der Waals surface area contributed by atoms with Crippen molar-refractivity contribution in [2.24, 2.45) is 4.99 Å². The molecule has 194 valence electrons. The summed E-state index contributed by atoms with van der Waals surface area (Å²) in [6.07, 6.45) is -2.86. The van der Waals surface area contributed by atoms with Crippen LogP contribution >= 0.6 is 0 Å². The number of ether oxygens (including phenoxy) is 2. The molecule has 3 N–H and O–H groups in total. The molecule has 0 saturated carbocycles. The highest BCUT2D eigenvalue weighted by Crippen LogP contribution is 2.27. The van der Waals surface area contributed by atoms with E-state index in [4.69, 9.17) is 9.84 Å². The van der Waals surface area contributed by atoms with Gasteiger partial charge in [-0.15, -0.1) is 13.2 Å². The van der Waals surface area contributed by atoms with Crippen LogP contribution in [0.4, 0.5) is 17.6 Å². The number of aliphatic hydroxyl groups is 1. The van der Waals surface area contributed by atoms with E-state index >= 15 is 0 Å². The summed E-state index contributed by atoms with van der Waals surface area (Å²) in [4.78, 5) is 16.9. The maximum absolute atomic E-state index is 13.3. The van der Waals surface area contributed by atoms with E-state index in [0.29, 0.717) is 17.6 Å². The van der Waals surface area contributed by atoms with Crippen LogP contribution in [-0.2, 0) is 4.79 Å². The second kappa shape index (κ2) is 13.3. The molecule has 0 bridgehead atoms.